The summed E-state index contributed by atoms with van der Waals surface area (Å²) in [7, 11) is -0.502. The molecule has 0 bridgehead atoms. The van der Waals surface area contributed by atoms with Crippen molar-refractivity contribution in [3.05, 3.63) is 0 Å². The Morgan fingerprint density at radius 1 is 1.13 bits per heavy atom. The van der Waals surface area contributed by atoms with Crippen LogP contribution in [0.2, 0.25) is 6.04 Å². The van der Waals surface area contributed by atoms with Crippen LogP contribution in [0.3, 0.4) is 0 Å². The topological polar surface area (TPSA) is 44.8 Å². The third kappa shape index (κ3) is 8.59. The molecule has 0 fully saturated rings. The fourth-order valence-corrected chi connectivity index (χ4v) is 2.86. The average Bonchev–Trinajstić information content (AvgIpc) is 2.19. The Balaban J connectivity index is 3.55. The molecule has 0 aliphatic heterocycles. The van der Waals surface area contributed by atoms with Crippen molar-refractivity contribution < 1.29 is 19.0 Å². The summed E-state index contributed by atoms with van der Waals surface area (Å²) in [6.07, 6.45) is 0.497. The van der Waals surface area contributed by atoms with E-state index in [1.165, 1.54) is 0 Å². The van der Waals surface area contributed by atoms with Crippen LogP contribution >= 0.6 is 0 Å². The van der Waals surface area contributed by atoms with Gasteiger partial charge < -0.3 is 14.2 Å². The third-order valence-corrected chi connectivity index (χ3v) is 3.54. The maximum Gasteiger partial charge on any atom is 0.305 e. The van der Waals surface area contributed by atoms with Crippen molar-refractivity contribution in [3.63, 3.8) is 0 Å². The van der Waals surface area contributed by atoms with Crippen molar-refractivity contribution in [2.45, 2.75) is 39.1 Å². The molecule has 0 rings (SSSR count). The number of carbonyl (C=O) groups excluding carboxylic acids is 1. The molecule has 0 atom stereocenters. The SMILES string of the molecule is CCOC(=O)CC[SiH2]C(OCC)OCC. The van der Waals surface area contributed by atoms with Crippen LogP contribution < -0.4 is 0 Å². The summed E-state index contributed by atoms with van der Waals surface area (Å²) >= 11 is 0. The summed E-state index contributed by atoms with van der Waals surface area (Å²) in [5.41, 5.74) is 0. The van der Waals surface area contributed by atoms with E-state index in [1.54, 1.807) is 0 Å². The smallest absolute Gasteiger partial charge is 0.305 e. The second-order valence-corrected chi connectivity index (χ2v) is 4.99. The first kappa shape index (κ1) is 14.6. The monoisotopic (exact) mass is 234 g/mol. The molecule has 0 amide bonds. The van der Waals surface area contributed by atoms with E-state index in [0.29, 0.717) is 26.2 Å². The molecule has 5 heteroatoms. The lowest BCUT2D eigenvalue weighted by molar-refractivity contribution is -0.142. The molecular formula is C10H22O4Si. The normalized spacial score (nSPS) is 11.5. The quantitative estimate of drug-likeness (QED) is 0.337. The van der Waals surface area contributed by atoms with Crippen molar-refractivity contribution in [2.75, 3.05) is 19.8 Å². The Bertz CT molecular complexity index is 158. The zero-order valence-corrected chi connectivity index (χ0v) is 11.4. The molecule has 0 aromatic rings. The highest BCUT2D eigenvalue weighted by Crippen LogP contribution is 2.00. The van der Waals surface area contributed by atoms with Crippen LogP contribution in [0.15, 0.2) is 0 Å². The molecule has 0 radical (unpaired) electrons. The Kier molecular flexibility index (Phi) is 9.87. The molecule has 0 aliphatic carbocycles. The standard InChI is InChI=1S/C10H22O4Si/c1-4-12-9(11)7-8-15-10(13-5-2)14-6-3/h10H,4-8,15H2,1-3H3. The van der Waals surface area contributed by atoms with Crippen LogP contribution in [0.1, 0.15) is 27.2 Å². The number of rotatable bonds is 9. The zero-order valence-electron chi connectivity index (χ0n) is 9.95. The molecule has 0 N–H and O–H groups in total. The maximum atomic E-state index is 11.1. The molecule has 4 nitrogen and oxygen atoms in total. The van der Waals surface area contributed by atoms with E-state index in [0.717, 1.165) is 6.04 Å². The van der Waals surface area contributed by atoms with Gasteiger partial charge in [0, 0.05) is 19.6 Å². The molecule has 15 heavy (non-hydrogen) atoms. The molecule has 0 aromatic carbocycles. The predicted octanol–water partition coefficient (Wildman–Crippen LogP) is 0.883. The van der Waals surface area contributed by atoms with Gasteiger partial charge in [0.15, 0.2) is 0 Å². The van der Waals surface area contributed by atoms with Crippen molar-refractivity contribution in [1.29, 1.82) is 0 Å². The molecule has 0 unspecified atom stereocenters. The van der Waals surface area contributed by atoms with Crippen LogP contribution in [0, 0.1) is 0 Å². The molecule has 0 aromatic heterocycles. The number of esters is 1. The minimum Gasteiger partial charge on any atom is -0.466 e. The van der Waals surface area contributed by atoms with Gasteiger partial charge >= 0.3 is 5.97 Å². The molecule has 0 spiro atoms. The second-order valence-electron chi connectivity index (χ2n) is 3.04. The summed E-state index contributed by atoms with van der Waals surface area (Å²) in [5.74, 6) is -0.161. The van der Waals surface area contributed by atoms with Crippen LogP contribution in [0.25, 0.3) is 0 Å². The molecule has 0 saturated heterocycles. The number of carbonyl (C=O) groups is 1. The Morgan fingerprint density at radius 3 is 2.20 bits per heavy atom. The summed E-state index contributed by atoms with van der Waals surface area (Å²) in [5, 5.41) is 0. The van der Waals surface area contributed by atoms with E-state index >= 15 is 0 Å². The minimum absolute atomic E-state index is 0.0468. The summed E-state index contributed by atoms with van der Waals surface area (Å²) in [6.45, 7) is 7.50. The van der Waals surface area contributed by atoms with E-state index in [9.17, 15) is 4.79 Å². The van der Waals surface area contributed by atoms with Gasteiger partial charge in [0.2, 0.25) is 0 Å². The maximum absolute atomic E-state index is 11.1. The molecular weight excluding hydrogens is 212 g/mol. The van der Waals surface area contributed by atoms with Gasteiger partial charge in [0.25, 0.3) is 0 Å². The fraction of sp³-hybridized carbons (Fsp3) is 0.900. The van der Waals surface area contributed by atoms with Crippen molar-refractivity contribution in [3.8, 4) is 0 Å². The number of hydrogen-bond acceptors (Lipinski definition) is 4. The van der Waals surface area contributed by atoms with E-state index in [2.05, 4.69) is 0 Å². The van der Waals surface area contributed by atoms with Gasteiger partial charge in [-0.15, -0.1) is 0 Å². The lowest BCUT2D eigenvalue weighted by Gasteiger charge is -2.15. The summed E-state index contributed by atoms with van der Waals surface area (Å²) < 4.78 is 15.7. The van der Waals surface area contributed by atoms with Crippen LogP contribution in [0.4, 0.5) is 0 Å². The Labute approximate surface area is 94.1 Å². The first-order chi connectivity index (χ1) is 7.24. The average molecular weight is 234 g/mol. The van der Waals surface area contributed by atoms with E-state index in [1.807, 2.05) is 20.8 Å². The van der Waals surface area contributed by atoms with E-state index < -0.39 is 9.52 Å². The number of hydrogen-bond donors (Lipinski definition) is 0. The first-order valence-corrected chi connectivity index (χ1v) is 7.45. The zero-order chi connectivity index (χ0) is 11.5. The van der Waals surface area contributed by atoms with Gasteiger partial charge in [-0.25, -0.2) is 0 Å². The molecule has 0 saturated carbocycles. The van der Waals surface area contributed by atoms with Crippen LogP contribution in [-0.4, -0.2) is 41.2 Å². The largest absolute Gasteiger partial charge is 0.466 e. The highest BCUT2D eigenvalue weighted by molar-refractivity contribution is 6.37. The molecule has 90 valence electrons. The van der Waals surface area contributed by atoms with Gasteiger partial charge in [0.05, 0.1) is 16.1 Å². The van der Waals surface area contributed by atoms with Crippen molar-refractivity contribution in [1.82, 2.24) is 0 Å². The molecule has 0 heterocycles. The van der Waals surface area contributed by atoms with Crippen molar-refractivity contribution >= 4 is 15.5 Å². The number of ether oxygens (including phenoxy) is 3. The van der Waals surface area contributed by atoms with Crippen LogP contribution in [0.5, 0.6) is 0 Å². The lowest BCUT2D eigenvalue weighted by atomic mass is 10.5. The van der Waals surface area contributed by atoms with Gasteiger partial charge in [-0.2, -0.15) is 0 Å². The highest BCUT2D eigenvalue weighted by Gasteiger charge is 2.10. The van der Waals surface area contributed by atoms with Crippen LogP contribution in [-0.2, 0) is 19.0 Å². The highest BCUT2D eigenvalue weighted by atomic mass is 28.2. The van der Waals surface area contributed by atoms with Gasteiger partial charge in [-0.05, 0) is 26.8 Å². The fourth-order valence-electron chi connectivity index (χ4n) is 1.23. The molecule has 0 aliphatic rings. The predicted molar refractivity (Wildman–Crippen MR) is 61.6 cm³/mol. The first-order valence-electron chi connectivity index (χ1n) is 5.63. The third-order valence-electron chi connectivity index (χ3n) is 1.83. The van der Waals surface area contributed by atoms with Gasteiger partial charge in [-0.3, -0.25) is 4.79 Å². The summed E-state index contributed by atoms with van der Waals surface area (Å²) in [4.78, 5) is 11.1. The van der Waals surface area contributed by atoms with E-state index in [4.69, 9.17) is 14.2 Å². The Hall–Kier alpha value is -0.393. The van der Waals surface area contributed by atoms with Gasteiger partial charge in [0.1, 0.15) is 5.91 Å². The minimum atomic E-state index is -0.502. The van der Waals surface area contributed by atoms with E-state index in [-0.39, 0.29) is 11.9 Å². The summed E-state index contributed by atoms with van der Waals surface area (Å²) in [6, 6.07) is 0.878. The Morgan fingerprint density at radius 2 is 1.73 bits per heavy atom. The lowest BCUT2D eigenvalue weighted by Crippen LogP contribution is -2.25. The van der Waals surface area contributed by atoms with Gasteiger partial charge in [-0.1, -0.05) is 0 Å². The van der Waals surface area contributed by atoms with Crippen molar-refractivity contribution in [2.24, 2.45) is 0 Å². The second kappa shape index (κ2) is 10.1.